The summed E-state index contributed by atoms with van der Waals surface area (Å²) in [5.74, 6) is 0.247. The molecule has 0 saturated heterocycles. The molecule has 0 heterocycles. The average Bonchev–Trinajstić information content (AvgIpc) is 2.51. The molecular weight excluding hydrogens is 204 g/mol. The highest BCUT2D eigenvalue weighted by molar-refractivity contribution is 5.71. The highest BCUT2D eigenvalue weighted by Crippen LogP contribution is 2.66. The molecule has 0 aromatic carbocycles. The Labute approximate surface area is 97.5 Å². The van der Waals surface area contributed by atoms with Crippen LogP contribution in [-0.4, -0.2) is 18.7 Å². The molecule has 2 saturated carbocycles. The second-order valence-corrected chi connectivity index (χ2v) is 5.88. The Morgan fingerprint density at radius 3 is 2.56 bits per heavy atom. The summed E-state index contributed by atoms with van der Waals surface area (Å²) in [6.07, 6.45) is 3.34. The van der Waals surface area contributed by atoms with Gasteiger partial charge in [-0.3, -0.25) is 0 Å². The van der Waals surface area contributed by atoms with Gasteiger partial charge in [-0.05, 0) is 30.6 Å². The smallest absolute Gasteiger partial charge is 0.332 e. The summed E-state index contributed by atoms with van der Waals surface area (Å²) in [5.41, 5.74) is 0.342. The third-order valence-electron chi connectivity index (χ3n) is 5.18. The maximum Gasteiger partial charge on any atom is 0.332 e. The largest absolute Gasteiger partial charge is 0.460 e. The molecule has 2 aliphatic rings. The van der Waals surface area contributed by atoms with Crippen LogP contribution >= 0.6 is 0 Å². The lowest BCUT2D eigenvalue weighted by Gasteiger charge is -2.38. The maximum absolute atomic E-state index is 11.4. The van der Waals surface area contributed by atoms with Crippen molar-refractivity contribution in [3.05, 3.63) is 7.11 Å². The van der Waals surface area contributed by atoms with Gasteiger partial charge >= 0.3 is 5.97 Å². The molecular formula is C13H19O3. The third-order valence-corrected chi connectivity index (χ3v) is 5.18. The fourth-order valence-electron chi connectivity index (χ4n) is 3.56. The summed E-state index contributed by atoms with van der Waals surface area (Å²) in [6, 6.07) is 0. The van der Waals surface area contributed by atoms with Gasteiger partial charge < -0.3 is 9.47 Å². The molecule has 2 bridgehead atoms. The molecule has 3 nitrogen and oxygen atoms in total. The Morgan fingerprint density at radius 2 is 2.12 bits per heavy atom. The van der Waals surface area contributed by atoms with Crippen LogP contribution in [0.4, 0.5) is 0 Å². The normalized spacial score (nSPS) is 40.0. The second kappa shape index (κ2) is 3.73. The topological polar surface area (TPSA) is 35.5 Å². The zero-order valence-electron chi connectivity index (χ0n) is 10.2. The van der Waals surface area contributed by atoms with Crippen molar-refractivity contribution < 1.29 is 14.3 Å². The van der Waals surface area contributed by atoms with Crippen molar-refractivity contribution in [3.63, 3.8) is 0 Å². The minimum Gasteiger partial charge on any atom is -0.460 e. The SMILES string of the molecule is [C]OCC(=O)OC1CC2CCC1(C)C2(C)C. The molecule has 3 heteroatoms. The fraction of sp³-hybridized carbons (Fsp3) is 0.846. The highest BCUT2D eigenvalue weighted by Gasteiger charge is 2.62. The zero-order chi connectivity index (χ0) is 12.0. The van der Waals surface area contributed by atoms with E-state index in [1.165, 1.54) is 6.42 Å². The maximum atomic E-state index is 11.4. The number of carbonyl (C=O) groups is 1. The lowest BCUT2D eigenvalue weighted by molar-refractivity contribution is -0.160. The van der Waals surface area contributed by atoms with E-state index >= 15 is 0 Å². The van der Waals surface area contributed by atoms with Crippen molar-refractivity contribution in [2.75, 3.05) is 6.61 Å². The molecule has 3 atom stereocenters. The predicted octanol–water partition coefficient (Wildman–Crippen LogP) is 2.31. The lowest BCUT2D eigenvalue weighted by Crippen LogP contribution is -2.38. The van der Waals surface area contributed by atoms with Gasteiger partial charge in [0.15, 0.2) is 7.11 Å². The van der Waals surface area contributed by atoms with Gasteiger partial charge in [0, 0.05) is 5.41 Å². The quantitative estimate of drug-likeness (QED) is 0.689. The Morgan fingerprint density at radius 1 is 1.44 bits per heavy atom. The zero-order valence-corrected chi connectivity index (χ0v) is 10.2. The predicted molar refractivity (Wildman–Crippen MR) is 58.3 cm³/mol. The van der Waals surface area contributed by atoms with Crippen LogP contribution in [0, 0.1) is 23.9 Å². The van der Waals surface area contributed by atoms with Crippen LogP contribution in [0.15, 0.2) is 0 Å². The Balaban J connectivity index is 2.07. The number of hydrogen-bond donors (Lipinski definition) is 0. The van der Waals surface area contributed by atoms with Gasteiger partial charge in [-0.15, -0.1) is 0 Å². The van der Waals surface area contributed by atoms with E-state index in [9.17, 15) is 4.79 Å². The Bertz CT molecular complexity index is 298. The van der Waals surface area contributed by atoms with Crippen LogP contribution in [0.1, 0.15) is 40.0 Å². The second-order valence-electron chi connectivity index (χ2n) is 5.88. The first-order valence-electron chi connectivity index (χ1n) is 5.90. The van der Waals surface area contributed by atoms with Gasteiger partial charge in [0.2, 0.25) is 0 Å². The molecule has 0 spiro atoms. The number of carbonyl (C=O) groups excluding carboxylic acids is 1. The van der Waals surface area contributed by atoms with Crippen molar-refractivity contribution in [2.45, 2.75) is 46.1 Å². The molecule has 0 aliphatic heterocycles. The van der Waals surface area contributed by atoms with E-state index < -0.39 is 5.97 Å². The first kappa shape index (κ1) is 11.9. The van der Waals surface area contributed by atoms with Crippen LogP contribution in [0.3, 0.4) is 0 Å². The molecule has 0 N–H and O–H groups in total. The van der Waals surface area contributed by atoms with Gasteiger partial charge in [-0.25, -0.2) is 4.79 Å². The summed E-state index contributed by atoms with van der Waals surface area (Å²) >= 11 is 0. The van der Waals surface area contributed by atoms with Crippen molar-refractivity contribution in [1.82, 2.24) is 0 Å². The molecule has 0 aromatic rings. The molecule has 3 unspecified atom stereocenters. The molecule has 2 fully saturated rings. The van der Waals surface area contributed by atoms with Gasteiger partial charge in [0.25, 0.3) is 0 Å². The van der Waals surface area contributed by atoms with Crippen LogP contribution in [0.2, 0.25) is 0 Å². The van der Waals surface area contributed by atoms with Crippen LogP contribution < -0.4 is 0 Å². The van der Waals surface area contributed by atoms with Crippen molar-refractivity contribution >= 4 is 5.97 Å². The monoisotopic (exact) mass is 223 g/mol. The van der Waals surface area contributed by atoms with Crippen molar-refractivity contribution in [3.8, 4) is 0 Å². The van der Waals surface area contributed by atoms with Crippen LogP contribution in [0.25, 0.3) is 0 Å². The molecule has 2 aliphatic carbocycles. The van der Waals surface area contributed by atoms with Gasteiger partial charge in [-0.1, -0.05) is 20.8 Å². The van der Waals surface area contributed by atoms with Crippen molar-refractivity contribution in [1.29, 1.82) is 0 Å². The third kappa shape index (κ3) is 1.48. The Hall–Kier alpha value is -0.570. The summed E-state index contributed by atoms with van der Waals surface area (Å²) in [7, 11) is 6.54. The molecule has 0 amide bonds. The highest BCUT2D eigenvalue weighted by atomic mass is 16.6. The van der Waals surface area contributed by atoms with Crippen molar-refractivity contribution in [2.24, 2.45) is 16.7 Å². The van der Waals surface area contributed by atoms with E-state index in [1.807, 2.05) is 0 Å². The van der Waals surface area contributed by atoms with E-state index in [4.69, 9.17) is 11.8 Å². The number of rotatable bonds is 3. The van der Waals surface area contributed by atoms with E-state index in [1.54, 1.807) is 0 Å². The van der Waals surface area contributed by atoms with Gasteiger partial charge in [0.1, 0.15) is 12.7 Å². The van der Waals surface area contributed by atoms with E-state index in [2.05, 4.69) is 25.5 Å². The number of esters is 1. The lowest BCUT2D eigenvalue weighted by atomic mass is 9.70. The van der Waals surface area contributed by atoms with Gasteiger partial charge in [0.05, 0.1) is 0 Å². The van der Waals surface area contributed by atoms with Crippen LogP contribution in [0.5, 0.6) is 0 Å². The first-order chi connectivity index (χ1) is 7.41. The van der Waals surface area contributed by atoms with Gasteiger partial charge in [-0.2, -0.15) is 0 Å². The molecule has 0 aromatic heterocycles. The molecule has 2 rings (SSSR count). The van der Waals surface area contributed by atoms with E-state index in [-0.39, 0.29) is 23.5 Å². The van der Waals surface area contributed by atoms with Crippen LogP contribution in [-0.2, 0) is 14.3 Å². The molecule has 89 valence electrons. The standard InChI is InChI=1S/C13H19O3/c1-12(2)9-5-6-13(12,3)10(7-9)16-11(14)8-15-4/h9-10H,5-8H2,1-3H3. The number of fused-ring (bicyclic) bond motifs is 2. The number of hydrogen-bond acceptors (Lipinski definition) is 3. The minimum atomic E-state index is -0.412. The average molecular weight is 223 g/mol. The Kier molecular flexibility index (Phi) is 2.77. The van der Waals surface area contributed by atoms with E-state index in [0.29, 0.717) is 5.92 Å². The summed E-state index contributed by atoms with van der Waals surface area (Å²) in [6.45, 7) is 6.51. The molecule has 3 radical (unpaired) electrons. The molecule has 16 heavy (non-hydrogen) atoms. The van der Waals surface area contributed by atoms with E-state index in [0.717, 1.165) is 12.8 Å². The first-order valence-corrected chi connectivity index (χ1v) is 5.90. The minimum absolute atomic E-state index is 0.00361. The summed E-state index contributed by atoms with van der Waals surface area (Å²) in [4.78, 5) is 11.4. The summed E-state index contributed by atoms with van der Waals surface area (Å²) in [5, 5.41) is 0. The number of ether oxygens (including phenoxy) is 2. The fourth-order valence-corrected chi connectivity index (χ4v) is 3.56. The summed E-state index contributed by atoms with van der Waals surface area (Å²) < 4.78 is 9.49.